The van der Waals surface area contributed by atoms with Gasteiger partial charge in [0, 0.05) is 18.3 Å². The summed E-state index contributed by atoms with van der Waals surface area (Å²) in [5.74, 6) is 2.03. The number of ether oxygens (including phenoxy) is 1. The first kappa shape index (κ1) is 7.07. The summed E-state index contributed by atoms with van der Waals surface area (Å²) < 4.78 is 5.62. The third kappa shape index (κ3) is 0.535. The van der Waals surface area contributed by atoms with Gasteiger partial charge in [0.25, 0.3) is 0 Å². The van der Waals surface area contributed by atoms with E-state index in [1.54, 1.807) is 0 Å². The second kappa shape index (κ2) is 1.77. The van der Waals surface area contributed by atoms with Crippen molar-refractivity contribution in [2.45, 2.75) is 26.4 Å². The van der Waals surface area contributed by atoms with E-state index >= 15 is 0 Å². The van der Waals surface area contributed by atoms with Gasteiger partial charge < -0.3 is 4.74 Å². The van der Waals surface area contributed by atoms with Crippen LogP contribution in [0, 0.1) is 23.2 Å². The number of ketones is 1. The fourth-order valence-electron chi connectivity index (χ4n) is 3.62. The molecule has 4 atom stereocenters. The highest BCUT2D eigenvalue weighted by Gasteiger charge is 2.68. The van der Waals surface area contributed by atoms with E-state index in [1.165, 1.54) is 0 Å². The van der Waals surface area contributed by atoms with Crippen LogP contribution < -0.4 is 0 Å². The van der Waals surface area contributed by atoms with Crippen LogP contribution in [0.2, 0.25) is 0 Å². The van der Waals surface area contributed by atoms with Crippen LogP contribution in [0.4, 0.5) is 0 Å². The standard InChI is InChI=1S/C10H14O2/c1-10(2)5-4-12-7-3-6(11)9(10)8(5)7/h5,7-9H,3-4H2,1-2H3. The molecule has 0 spiro atoms. The van der Waals surface area contributed by atoms with Crippen molar-refractivity contribution >= 4 is 5.78 Å². The van der Waals surface area contributed by atoms with Crippen molar-refractivity contribution in [1.29, 1.82) is 0 Å². The van der Waals surface area contributed by atoms with Crippen LogP contribution >= 0.6 is 0 Å². The van der Waals surface area contributed by atoms with Gasteiger partial charge in [-0.05, 0) is 11.3 Å². The first-order chi connectivity index (χ1) is 5.62. The van der Waals surface area contributed by atoms with Crippen LogP contribution in [0.5, 0.6) is 0 Å². The zero-order valence-corrected chi connectivity index (χ0v) is 7.54. The number of hydrogen-bond acceptors (Lipinski definition) is 2. The highest BCUT2D eigenvalue weighted by Crippen LogP contribution is 2.64. The topological polar surface area (TPSA) is 26.3 Å². The fourth-order valence-corrected chi connectivity index (χ4v) is 3.62. The zero-order chi connectivity index (χ0) is 8.51. The lowest BCUT2D eigenvalue weighted by Crippen LogP contribution is -2.53. The summed E-state index contributed by atoms with van der Waals surface area (Å²) in [4.78, 5) is 11.6. The lowest BCUT2D eigenvalue weighted by atomic mass is 9.50. The van der Waals surface area contributed by atoms with Gasteiger partial charge in [-0.3, -0.25) is 4.79 Å². The number of rotatable bonds is 0. The largest absolute Gasteiger partial charge is 0.377 e. The van der Waals surface area contributed by atoms with E-state index in [0.717, 1.165) is 6.61 Å². The van der Waals surface area contributed by atoms with Crippen LogP contribution in [0.25, 0.3) is 0 Å². The molecule has 0 aromatic rings. The Morgan fingerprint density at radius 2 is 2.25 bits per heavy atom. The van der Waals surface area contributed by atoms with Crippen molar-refractivity contribution in [2.24, 2.45) is 23.2 Å². The second-order valence-corrected chi connectivity index (χ2v) is 5.03. The lowest BCUT2D eigenvalue weighted by molar-refractivity contribution is -0.138. The quantitative estimate of drug-likeness (QED) is 0.541. The van der Waals surface area contributed by atoms with E-state index < -0.39 is 0 Å². The summed E-state index contributed by atoms with van der Waals surface area (Å²) >= 11 is 0. The second-order valence-electron chi connectivity index (χ2n) is 5.03. The van der Waals surface area contributed by atoms with E-state index in [9.17, 15) is 4.79 Å². The number of carbonyl (C=O) groups is 1. The molecule has 2 heteroatoms. The fraction of sp³-hybridized carbons (Fsp3) is 0.900. The smallest absolute Gasteiger partial charge is 0.139 e. The summed E-state index contributed by atoms with van der Waals surface area (Å²) in [7, 11) is 0. The monoisotopic (exact) mass is 166 g/mol. The van der Waals surface area contributed by atoms with Gasteiger partial charge in [0.05, 0.1) is 12.7 Å². The molecule has 3 fully saturated rings. The Balaban J connectivity index is 2.03. The third-order valence-electron chi connectivity index (χ3n) is 4.28. The van der Waals surface area contributed by atoms with Gasteiger partial charge in [-0.1, -0.05) is 13.8 Å². The molecule has 3 aliphatic rings. The van der Waals surface area contributed by atoms with Crippen LogP contribution in [-0.2, 0) is 9.53 Å². The Hall–Kier alpha value is -0.370. The molecule has 2 nitrogen and oxygen atoms in total. The minimum atomic E-state index is 0.229. The molecule has 0 amide bonds. The van der Waals surface area contributed by atoms with Gasteiger partial charge in [-0.25, -0.2) is 0 Å². The maximum Gasteiger partial charge on any atom is 0.139 e. The molecule has 2 saturated carbocycles. The number of carbonyl (C=O) groups excluding carboxylic acids is 1. The molecule has 0 aromatic carbocycles. The molecular weight excluding hydrogens is 152 g/mol. The minimum Gasteiger partial charge on any atom is -0.377 e. The van der Waals surface area contributed by atoms with Crippen molar-refractivity contribution < 1.29 is 9.53 Å². The first-order valence-electron chi connectivity index (χ1n) is 4.76. The van der Waals surface area contributed by atoms with Gasteiger partial charge in [-0.2, -0.15) is 0 Å². The molecule has 1 saturated heterocycles. The van der Waals surface area contributed by atoms with Crippen molar-refractivity contribution in [1.82, 2.24) is 0 Å². The summed E-state index contributed by atoms with van der Waals surface area (Å²) in [6, 6.07) is 0. The van der Waals surface area contributed by atoms with Crippen molar-refractivity contribution in [3.63, 3.8) is 0 Å². The van der Waals surface area contributed by atoms with Crippen molar-refractivity contribution in [3.8, 4) is 0 Å². The molecule has 3 rings (SSSR count). The normalized spacial score (nSPS) is 53.7. The van der Waals surface area contributed by atoms with Crippen LogP contribution in [0.3, 0.4) is 0 Å². The Morgan fingerprint density at radius 3 is 3.00 bits per heavy atom. The minimum absolute atomic E-state index is 0.229. The van der Waals surface area contributed by atoms with E-state index in [-0.39, 0.29) is 5.41 Å². The maximum absolute atomic E-state index is 11.6. The van der Waals surface area contributed by atoms with Gasteiger partial charge in [0.15, 0.2) is 0 Å². The predicted molar refractivity (Wildman–Crippen MR) is 43.6 cm³/mol. The van der Waals surface area contributed by atoms with Crippen LogP contribution in [0.15, 0.2) is 0 Å². The molecule has 1 heterocycles. The number of Topliss-reactive ketones (excluding diaryl/α,β-unsaturated/α-hetero) is 1. The van der Waals surface area contributed by atoms with E-state index in [4.69, 9.17) is 4.74 Å². The molecule has 1 aliphatic heterocycles. The molecule has 0 N–H and O–H groups in total. The molecule has 0 aromatic heterocycles. The summed E-state index contributed by atoms with van der Waals surface area (Å²) in [5, 5.41) is 0. The first-order valence-corrected chi connectivity index (χ1v) is 4.76. The Morgan fingerprint density at radius 1 is 1.50 bits per heavy atom. The lowest BCUT2D eigenvalue weighted by Gasteiger charge is -2.52. The molecule has 0 radical (unpaired) electrons. The maximum atomic E-state index is 11.6. The Bertz CT molecular complexity index is 257. The molecule has 0 bridgehead atoms. The SMILES string of the molecule is CC1(C)C2COC3CC(=O)C1C32. The summed E-state index contributed by atoms with van der Waals surface area (Å²) in [6.07, 6.45) is 0.982. The van der Waals surface area contributed by atoms with Gasteiger partial charge in [0.1, 0.15) is 5.78 Å². The predicted octanol–water partition coefficient (Wildman–Crippen LogP) is 1.25. The van der Waals surface area contributed by atoms with Gasteiger partial charge in [-0.15, -0.1) is 0 Å². The molecule has 2 aliphatic carbocycles. The van der Waals surface area contributed by atoms with Crippen LogP contribution in [-0.4, -0.2) is 18.5 Å². The molecule has 4 unspecified atom stereocenters. The summed E-state index contributed by atoms with van der Waals surface area (Å²) in [5.41, 5.74) is 0.229. The van der Waals surface area contributed by atoms with Crippen molar-refractivity contribution in [3.05, 3.63) is 0 Å². The average molecular weight is 166 g/mol. The molecule has 12 heavy (non-hydrogen) atoms. The number of hydrogen-bond donors (Lipinski definition) is 0. The Labute approximate surface area is 72.3 Å². The molecular formula is C10H14O2. The third-order valence-corrected chi connectivity index (χ3v) is 4.28. The van der Waals surface area contributed by atoms with Gasteiger partial charge >= 0.3 is 0 Å². The van der Waals surface area contributed by atoms with E-state index in [2.05, 4.69) is 13.8 Å². The molecule has 66 valence electrons. The zero-order valence-electron chi connectivity index (χ0n) is 7.54. The van der Waals surface area contributed by atoms with E-state index in [1.807, 2.05) is 0 Å². The van der Waals surface area contributed by atoms with Gasteiger partial charge in [0.2, 0.25) is 0 Å². The highest BCUT2D eigenvalue weighted by atomic mass is 16.5. The summed E-state index contributed by atoms with van der Waals surface area (Å²) in [6.45, 7) is 5.33. The highest BCUT2D eigenvalue weighted by molar-refractivity contribution is 5.87. The van der Waals surface area contributed by atoms with Crippen LogP contribution in [0.1, 0.15) is 20.3 Å². The van der Waals surface area contributed by atoms with E-state index in [0.29, 0.717) is 36.1 Å². The Kier molecular flexibility index (Phi) is 1.04. The average Bonchev–Trinajstić information content (AvgIpc) is 2.39. The van der Waals surface area contributed by atoms with Crippen molar-refractivity contribution in [2.75, 3.05) is 6.61 Å².